The predicted octanol–water partition coefficient (Wildman–Crippen LogP) is 2.89. The van der Waals surface area contributed by atoms with Crippen molar-refractivity contribution in [1.29, 1.82) is 0 Å². The van der Waals surface area contributed by atoms with Gasteiger partial charge < -0.3 is 0 Å². The normalized spacial score (nSPS) is 18.3. The number of fused-ring (bicyclic) bond motifs is 5. The largest absolute Gasteiger partial charge is 0.0620 e. The van der Waals surface area contributed by atoms with Crippen molar-refractivity contribution in [3.05, 3.63) is 70.8 Å². The van der Waals surface area contributed by atoms with Crippen molar-refractivity contribution >= 4 is 0 Å². The van der Waals surface area contributed by atoms with Crippen LogP contribution in [0.3, 0.4) is 0 Å². The van der Waals surface area contributed by atoms with Gasteiger partial charge in [0.2, 0.25) is 0 Å². The first kappa shape index (κ1) is 6.83. The lowest BCUT2D eigenvalue weighted by Gasteiger charge is -2.31. The van der Waals surface area contributed by atoms with Crippen molar-refractivity contribution in [1.82, 2.24) is 0 Å². The van der Waals surface area contributed by atoms with E-state index in [9.17, 15) is 0 Å². The maximum atomic E-state index is 2.28. The number of hydrogen-bond acceptors (Lipinski definition) is 0. The Bertz CT molecular complexity index is 514. The third-order valence-electron chi connectivity index (χ3n) is 3.72. The Kier molecular flexibility index (Phi) is 0.940. The molecule has 2 aliphatic carbocycles. The van der Waals surface area contributed by atoms with Gasteiger partial charge >= 0.3 is 0 Å². The molecule has 0 aromatic heterocycles. The maximum absolute atomic E-state index is 2.28. The first-order valence-electron chi connectivity index (χ1n) is 5.11. The summed E-state index contributed by atoms with van der Waals surface area (Å²) in [6.07, 6.45) is 1.22. The van der Waals surface area contributed by atoms with Gasteiger partial charge in [-0.3, -0.25) is 0 Å². The summed E-state index contributed by atoms with van der Waals surface area (Å²) in [5.74, 6) is 0. The van der Waals surface area contributed by atoms with Crippen LogP contribution in [-0.2, 0) is 11.8 Å². The molecule has 66 valence electrons. The summed E-state index contributed by atoms with van der Waals surface area (Å²) in [6.45, 7) is 0. The van der Waals surface area contributed by atoms with Gasteiger partial charge in [0.15, 0.2) is 0 Å². The Morgan fingerprint density at radius 2 is 1.29 bits per heavy atom. The maximum Gasteiger partial charge on any atom is 0.0500 e. The zero-order valence-corrected chi connectivity index (χ0v) is 7.83. The van der Waals surface area contributed by atoms with Crippen LogP contribution >= 0.6 is 0 Å². The Balaban J connectivity index is 1.96. The third-order valence-corrected chi connectivity index (χ3v) is 3.72. The van der Waals surface area contributed by atoms with E-state index in [0.29, 0.717) is 5.41 Å². The van der Waals surface area contributed by atoms with Crippen LogP contribution in [0.2, 0.25) is 0 Å². The molecule has 0 unspecified atom stereocenters. The van der Waals surface area contributed by atoms with Crippen LogP contribution in [-0.4, -0.2) is 0 Å². The zero-order chi connectivity index (χ0) is 9.17. The highest BCUT2D eigenvalue weighted by Gasteiger charge is 2.57. The molecular weight excluding hydrogens is 168 g/mol. The highest BCUT2D eigenvalue weighted by Crippen LogP contribution is 2.62. The van der Waals surface area contributed by atoms with Crippen LogP contribution in [0.25, 0.3) is 0 Å². The van der Waals surface area contributed by atoms with E-state index in [4.69, 9.17) is 0 Å². The van der Waals surface area contributed by atoms with E-state index in [1.165, 1.54) is 12.0 Å². The smallest absolute Gasteiger partial charge is 0.0500 e. The lowest BCUT2D eigenvalue weighted by molar-refractivity contribution is 0.647. The second-order valence-electron chi connectivity index (χ2n) is 4.28. The van der Waals surface area contributed by atoms with Crippen molar-refractivity contribution in [3.8, 4) is 0 Å². The van der Waals surface area contributed by atoms with Crippen LogP contribution < -0.4 is 0 Å². The highest BCUT2D eigenvalue weighted by atomic mass is 14.6. The topological polar surface area (TPSA) is 0 Å². The van der Waals surface area contributed by atoms with E-state index in [-0.39, 0.29) is 0 Å². The van der Waals surface area contributed by atoms with Gasteiger partial charge in [0.05, 0.1) is 5.41 Å². The summed E-state index contributed by atoms with van der Waals surface area (Å²) in [4.78, 5) is 0. The quantitative estimate of drug-likeness (QED) is 0.582. The summed E-state index contributed by atoms with van der Waals surface area (Å²) >= 11 is 0. The average molecular weight is 178 g/mol. The van der Waals surface area contributed by atoms with Gasteiger partial charge in [0.25, 0.3) is 0 Å². The summed E-state index contributed by atoms with van der Waals surface area (Å²) < 4.78 is 0. The Labute approximate surface area is 83.2 Å². The molecule has 0 saturated carbocycles. The van der Waals surface area contributed by atoms with E-state index in [1.54, 1.807) is 16.7 Å². The average Bonchev–Trinajstić information content (AvgIpc) is 2.88. The second-order valence-corrected chi connectivity index (χ2v) is 4.28. The van der Waals surface area contributed by atoms with Crippen molar-refractivity contribution in [2.45, 2.75) is 11.8 Å². The summed E-state index contributed by atoms with van der Waals surface area (Å²) in [6, 6.07) is 17.6. The molecule has 2 aromatic rings. The molecule has 0 atom stereocenters. The molecule has 0 radical (unpaired) electrons. The van der Waals surface area contributed by atoms with E-state index >= 15 is 0 Å². The first-order chi connectivity index (χ1) is 6.93. The van der Waals surface area contributed by atoms with Gasteiger partial charge in [0.1, 0.15) is 0 Å². The molecule has 0 nitrogen and oxygen atoms in total. The standard InChI is InChI=1S/C14H10/c1-2-6-11-10(5-1)9-14(11)12-7-3-4-8-13(12)14/h1-8H,9H2. The Morgan fingerprint density at radius 1 is 0.714 bits per heavy atom. The third kappa shape index (κ3) is 0.542. The van der Waals surface area contributed by atoms with Gasteiger partial charge in [-0.1, -0.05) is 48.5 Å². The highest BCUT2D eigenvalue weighted by molar-refractivity contribution is 5.74. The minimum absolute atomic E-state index is 0.361. The van der Waals surface area contributed by atoms with Gasteiger partial charge in [-0.2, -0.15) is 0 Å². The second kappa shape index (κ2) is 1.93. The van der Waals surface area contributed by atoms with Crippen LogP contribution in [0.15, 0.2) is 48.5 Å². The minimum Gasteiger partial charge on any atom is -0.0620 e. The van der Waals surface area contributed by atoms with Crippen LogP contribution in [0.4, 0.5) is 0 Å². The monoisotopic (exact) mass is 178 g/mol. The van der Waals surface area contributed by atoms with Gasteiger partial charge in [0, 0.05) is 0 Å². The fourth-order valence-electron chi connectivity index (χ4n) is 2.98. The fraction of sp³-hybridized carbons (Fsp3) is 0.143. The minimum atomic E-state index is 0.361. The van der Waals surface area contributed by atoms with Gasteiger partial charge in [-0.25, -0.2) is 0 Å². The van der Waals surface area contributed by atoms with Gasteiger partial charge in [-0.15, -0.1) is 0 Å². The molecule has 0 saturated heterocycles. The number of benzene rings is 2. The van der Waals surface area contributed by atoms with E-state index in [2.05, 4.69) is 48.5 Å². The predicted molar refractivity (Wildman–Crippen MR) is 56.5 cm³/mol. The molecule has 0 N–H and O–H groups in total. The van der Waals surface area contributed by atoms with E-state index in [1.807, 2.05) is 0 Å². The number of rotatable bonds is 0. The summed E-state index contributed by atoms with van der Waals surface area (Å²) in [5.41, 5.74) is 6.54. The molecule has 2 aromatic carbocycles. The zero-order valence-electron chi connectivity index (χ0n) is 7.83. The Morgan fingerprint density at radius 3 is 1.93 bits per heavy atom. The van der Waals surface area contributed by atoms with Crippen molar-refractivity contribution in [3.63, 3.8) is 0 Å². The SMILES string of the molecule is c1ccc2c(c1)CC21c2ccccc21. The van der Waals surface area contributed by atoms with Crippen LogP contribution in [0.1, 0.15) is 22.3 Å². The molecule has 2 aliphatic rings. The van der Waals surface area contributed by atoms with E-state index in [0.717, 1.165) is 0 Å². The van der Waals surface area contributed by atoms with Crippen molar-refractivity contribution in [2.24, 2.45) is 0 Å². The van der Waals surface area contributed by atoms with Crippen molar-refractivity contribution in [2.75, 3.05) is 0 Å². The first-order valence-corrected chi connectivity index (χ1v) is 5.11. The van der Waals surface area contributed by atoms with Crippen LogP contribution in [0, 0.1) is 0 Å². The van der Waals surface area contributed by atoms with Gasteiger partial charge in [-0.05, 0) is 28.7 Å². The van der Waals surface area contributed by atoms with Crippen LogP contribution in [0.5, 0.6) is 0 Å². The summed E-state index contributed by atoms with van der Waals surface area (Å²) in [5, 5.41) is 0. The molecule has 0 fully saturated rings. The molecule has 0 aliphatic heterocycles. The molecule has 14 heavy (non-hydrogen) atoms. The molecule has 1 spiro atoms. The lowest BCUT2D eigenvalue weighted by Crippen LogP contribution is -2.27. The molecule has 0 heteroatoms. The fourth-order valence-corrected chi connectivity index (χ4v) is 2.98. The van der Waals surface area contributed by atoms with E-state index < -0.39 is 0 Å². The summed E-state index contributed by atoms with van der Waals surface area (Å²) in [7, 11) is 0. The number of hydrogen-bond donors (Lipinski definition) is 0. The molecule has 0 bridgehead atoms. The van der Waals surface area contributed by atoms with Crippen molar-refractivity contribution < 1.29 is 0 Å². The molecule has 4 rings (SSSR count). The molecule has 0 amide bonds. The Hall–Kier alpha value is -1.56. The lowest BCUT2D eigenvalue weighted by atomic mass is 9.71. The molecular formula is C14H10. The molecule has 0 heterocycles.